The Hall–Kier alpha value is -1.13. The monoisotopic (exact) mass is 249 g/mol. The maximum atomic E-state index is 5.17. The van der Waals surface area contributed by atoms with Crippen LogP contribution in [0.15, 0.2) is 18.2 Å². The molecule has 100 valence electrons. The number of aromatic nitrogens is 1. The van der Waals surface area contributed by atoms with Gasteiger partial charge in [0, 0.05) is 24.7 Å². The van der Waals surface area contributed by atoms with Gasteiger partial charge in [0.25, 0.3) is 0 Å². The SMILES string of the molecule is COc1cccc(CN2CCCNC(C)(C)C2)n1. The molecular weight excluding hydrogens is 226 g/mol. The lowest BCUT2D eigenvalue weighted by atomic mass is 10.1. The molecule has 1 aliphatic rings. The fraction of sp³-hybridized carbons (Fsp3) is 0.643. The number of pyridine rings is 1. The van der Waals surface area contributed by atoms with Gasteiger partial charge in [0.05, 0.1) is 12.8 Å². The highest BCUT2D eigenvalue weighted by Crippen LogP contribution is 2.14. The Morgan fingerprint density at radius 2 is 2.28 bits per heavy atom. The second kappa shape index (κ2) is 5.67. The Balaban J connectivity index is 2.03. The van der Waals surface area contributed by atoms with E-state index >= 15 is 0 Å². The molecule has 1 aliphatic heterocycles. The minimum atomic E-state index is 0.176. The fourth-order valence-corrected chi connectivity index (χ4v) is 2.45. The third-order valence-electron chi connectivity index (χ3n) is 3.25. The third kappa shape index (κ3) is 3.68. The first-order valence-electron chi connectivity index (χ1n) is 6.56. The Morgan fingerprint density at radius 1 is 1.44 bits per heavy atom. The molecule has 1 aromatic rings. The fourth-order valence-electron chi connectivity index (χ4n) is 2.45. The maximum Gasteiger partial charge on any atom is 0.213 e. The number of nitrogens with one attached hydrogen (secondary N) is 1. The Kier molecular flexibility index (Phi) is 4.19. The predicted molar refractivity (Wildman–Crippen MR) is 72.8 cm³/mol. The molecule has 1 fully saturated rings. The highest BCUT2D eigenvalue weighted by molar-refractivity contribution is 5.15. The van der Waals surface area contributed by atoms with Gasteiger partial charge >= 0.3 is 0 Å². The van der Waals surface area contributed by atoms with Gasteiger partial charge in [0.15, 0.2) is 0 Å². The first-order chi connectivity index (χ1) is 8.59. The number of hydrogen-bond donors (Lipinski definition) is 1. The Morgan fingerprint density at radius 3 is 3.06 bits per heavy atom. The van der Waals surface area contributed by atoms with Crippen LogP contribution in [0.3, 0.4) is 0 Å². The average Bonchev–Trinajstić information content (AvgIpc) is 2.50. The van der Waals surface area contributed by atoms with Gasteiger partial charge in [0.2, 0.25) is 5.88 Å². The summed E-state index contributed by atoms with van der Waals surface area (Å²) in [5.41, 5.74) is 1.25. The van der Waals surface area contributed by atoms with Crippen molar-refractivity contribution in [3.05, 3.63) is 23.9 Å². The molecular formula is C14H23N3O. The number of nitrogens with zero attached hydrogens (tertiary/aromatic N) is 2. The van der Waals surface area contributed by atoms with Crippen LogP contribution >= 0.6 is 0 Å². The van der Waals surface area contributed by atoms with Gasteiger partial charge in [-0.2, -0.15) is 0 Å². The number of ether oxygens (including phenoxy) is 1. The van der Waals surface area contributed by atoms with Crippen LogP contribution in [-0.4, -0.2) is 42.2 Å². The van der Waals surface area contributed by atoms with Crippen molar-refractivity contribution < 1.29 is 4.74 Å². The molecule has 0 amide bonds. The van der Waals surface area contributed by atoms with E-state index in [0.717, 1.165) is 31.9 Å². The quantitative estimate of drug-likeness (QED) is 0.884. The van der Waals surface area contributed by atoms with Gasteiger partial charge in [-0.3, -0.25) is 4.90 Å². The third-order valence-corrected chi connectivity index (χ3v) is 3.25. The van der Waals surface area contributed by atoms with E-state index < -0.39 is 0 Å². The van der Waals surface area contributed by atoms with Crippen molar-refractivity contribution in [2.24, 2.45) is 0 Å². The molecule has 4 nitrogen and oxygen atoms in total. The lowest BCUT2D eigenvalue weighted by Crippen LogP contribution is -2.46. The van der Waals surface area contributed by atoms with E-state index in [0.29, 0.717) is 5.88 Å². The van der Waals surface area contributed by atoms with Crippen molar-refractivity contribution in [2.45, 2.75) is 32.4 Å². The average molecular weight is 249 g/mol. The van der Waals surface area contributed by atoms with Gasteiger partial charge in [-0.25, -0.2) is 4.98 Å². The van der Waals surface area contributed by atoms with E-state index in [2.05, 4.69) is 35.1 Å². The molecule has 0 unspecified atom stereocenters. The first-order valence-corrected chi connectivity index (χ1v) is 6.56. The Bertz CT molecular complexity index is 392. The molecule has 18 heavy (non-hydrogen) atoms. The molecule has 0 bridgehead atoms. The lowest BCUT2D eigenvalue weighted by Gasteiger charge is -2.29. The molecule has 4 heteroatoms. The van der Waals surface area contributed by atoms with Crippen molar-refractivity contribution in [1.82, 2.24) is 15.2 Å². The van der Waals surface area contributed by atoms with E-state index in [1.807, 2.05) is 12.1 Å². The molecule has 2 rings (SSSR count). The van der Waals surface area contributed by atoms with Crippen LogP contribution in [-0.2, 0) is 6.54 Å². The zero-order valence-electron chi connectivity index (χ0n) is 11.6. The van der Waals surface area contributed by atoms with Crippen molar-refractivity contribution in [3.8, 4) is 5.88 Å². The topological polar surface area (TPSA) is 37.4 Å². The molecule has 0 atom stereocenters. The van der Waals surface area contributed by atoms with E-state index in [9.17, 15) is 0 Å². The summed E-state index contributed by atoms with van der Waals surface area (Å²) in [7, 11) is 1.66. The highest BCUT2D eigenvalue weighted by atomic mass is 16.5. The minimum Gasteiger partial charge on any atom is -0.481 e. The van der Waals surface area contributed by atoms with Crippen molar-refractivity contribution in [2.75, 3.05) is 26.7 Å². The van der Waals surface area contributed by atoms with Crippen LogP contribution in [0.5, 0.6) is 5.88 Å². The zero-order chi connectivity index (χ0) is 13.0. The number of hydrogen-bond acceptors (Lipinski definition) is 4. The minimum absolute atomic E-state index is 0.176. The van der Waals surface area contributed by atoms with Crippen LogP contribution in [0.4, 0.5) is 0 Å². The number of methoxy groups -OCH3 is 1. The summed E-state index contributed by atoms with van der Waals surface area (Å²) in [6.45, 7) is 8.66. The van der Waals surface area contributed by atoms with E-state index in [1.165, 1.54) is 6.42 Å². The summed E-state index contributed by atoms with van der Waals surface area (Å²) >= 11 is 0. The summed E-state index contributed by atoms with van der Waals surface area (Å²) < 4.78 is 5.17. The van der Waals surface area contributed by atoms with Crippen molar-refractivity contribution in [1.29, 1.82) is 0 Å². The Labute approximate surface area is 109 Å². The van der Waals surface area contributed by atoms with Gasteiger partial charge < -0.3 is 10.1 Å². The molecule has 0 radical (unpaired) electrons. The summed E-state index contributed by atoms with van der Waals surface area (Å²) in [4.78, 5) is 6.94. The molecule has 0 aromatic carbocycles. The standard InChI is InChI=1S/C14H23N3O/c1-14(2)11-17(9-5-8-15-14)10-12-6-4-7-13(16-12)18-3/h4,6-7,15H,5,8-11H2,1-3H3. The van der Waals surface area contributed by atoms with Gasteiger partial charge in [0.1, 0.15) is 0 Å². The number of rotatable bonds is 3. The van der Waals surface area contributed by atoms with Crippen LogP contribution in [0, 0.1) is 0 Å². The largest absolute Gasteiger partial charge is 0.481 e. The van der Waals surface area contributed by atoms with Crippen molar-refractivity contribution >= 4 is 0 Å². The van der Waals surface area contributed by atoms with E-state index in [4.69, 9.17) is 4.74 Å². The van der Waals surface area contributed by atoms with Crippen molar-refractivity contribution in [3.63, 3.8) is 0 Å². The molecule has 0 spiro atoms. The van der Waals surface area contributed by atoms with E-state index in [1.54, 1.807) is 7.11 Å². The second-order valence-corrected chi connectivity index (χ2v) is 5.55. The highest BCUT2D eigenvalue weighted by Gasteiger charge is 2.24. The smallest absolute Gasteiger partial charge is 0.213 e. The van der Waals surface area contributed by atoms with Gasteiger partial charge in [-0.1, -0.05) is 6.07 Å². The molecule has 1 aromatic heterocycles. The van der Waals surface area contributed by atoms with Crippen LogP contribution in [0.2, 0.25) is 0 Å². The summed E-state index contributed by atoms with van der Waals surface area (Å²) in [5, 5.41) is 3.57. The van der Waals surface area contributed by atoms with Gasteiger partial charge in [-0.15, -0.1) is 0 Å². The molecule has 2 heterocycles. The van der Waals surface area contributed by atoms with Crippen LogP contribution in [0.25, 0.3) is 0 Å². The lowest BCUT2D eigenvalue weighted by molar-refractivity contribution is 0.221. The molecule has 1 saturated heterocycles. The zero-order valence-corrected chi connectivity index (χ0v) is 11.6. The maximum absolute atomic E-state index is 5.17. The van der Waals surface area contributed by atoms with Gasteiger partial charge in [-0.05, 0) is 39.4 Å². The molecule has 0 aliphatic carbocycles. The summed E-state index contributed by atoms with van der Waals surface area (Å²) in [6.07, 6.45) is 1.19. The molecule has 0 saturated carbocycles. The van der Waals surface area contributed by atoms with Crippen LogP contribution < -0.4 is 10.1 Å². The summed E-state index contributed by atoms with van der Waals surface area (Å²) in [5.74, 6) is 0.694. The second-order valence-electron chi connectivity index (χ2n) is 5.55. The first kappa shape index (κ1) is 13.3. The van der Waals surface area contributed by atoms with Crippen LogP contribution in [0.1, 0.15) is 26.0 Å². The molecule has 1 N–H and O–H groups in total. The predicted octanol–water partition coefficient (Wildman–Crippen LogP) is 1.66. The summed E-state index contributed by atoms with van der Waals surface area (Å²) in [6, 6.07) is 5.95. The normalized spacial score (nSPS) is 20.4. The van der Waals surface area contributed by atoms with E-state index in [-0.39, 0.29) is 5.54 Å².